The number of hydrogen-bond donors (Lipinski definition) is 1. The van der Waals surface area contributed by atoms with Gasteiger partial charge in [0.15, 0.2) is 0 Å². The molecule has 6 nitrogen and oxygen atoms in total. The van der Waals surface area contributed by atoms with Gasteiger partial charge in [0.25, 0.3) is 5.91 Å². The highest BCUT2D eigenvalue weighted by molar-refractivity contribution is 5.96. The fourth-order valence-electron chi connectivity index (χ4n) is 3.32. The van der Waals surface area contributed by atoms with E-state index in [2.05, 4.69) is 27.6 Å². The van der Waals surface area contributed by atoms with Crippen LogP contribution in [0.15, 0.2) is 59.7 Å². The number of amides is 1. The van der Waals surface area contributed by atoms with Crippen LogP contribution in [0.4, 0.5) is 0 Å². The van der Waals surface area contributed by atoms with E-state index in [4.69, 9.17) is 9.47 Å². The maximum absolute atomic E-state index is 12.5. The summed E-state index contributed by atoms with van der Waals surface area (Å²) < 4.78 is 10.9. The van der Waals surface area contributed by atoms with Crippen molar-refractivity contribution >= 4 is 11.6 Å². The molecule has 1 amide bonds. The summed E-state index contributed by atoms with van der Waals surface area (Å²) in [6.45, 7) is 7.54. The second kappa shape index (κ2) is 10.0. The van der Waals surface area contributed by atoms with Crippen molar-refractivity contribution in [3.63, 3.8) is 0 Å². The van der Waals surface area contributed by atoms with E-state index >= 15 is 0 Å². The smallest absolute Gasteiger partial charge is 0.271 e. The van der Waals surface area contributed by atoms with Gasteiger partial charge >= 0.3 is 0 Å². The van der Waals surface area contributed by atoms with Crippen molar-refractivity contribution < 1.29 is 14.3 Å². The van der Waals surface area contributed by atoms with E-state index in [1.807, 2.05) is 32.0 Å². The molecule has 1 heterocycles. The lowest BCUT2D eigenvalue weighted by atomic mass is 10.0. The van der Waals surface area contributed by atoms with Crippen LogP contribution in [0.1, 0.15) is 35.8 Å². The lowest BCUT2D eigenvalue weighted by molar-refractivity contribution is 0.0285. The van der Waals surface area contributed by atoms with Crippen molar-refractivity contribution in [3.8, 4) is 5.75 Å². The molecule has 0 unspecified atom stereocenters. The number of rotatable bonds is 7. The van der Waals surface area contributed by atoms with Gasteiger partial charge in [0.1, 0.15) is 5.75 Å². The molecule has 0 bridgehead atoms. The van der Waals surface area contributed by atoms with Crippen LogP contribution in [-0.2, 0) is 4.74 Å². The summed E-state index contributed by atoms with van der Waals surface area (Å²) in [5.41, 5.74) is 5.23. The molecular weight excluding hydrogens is 354 g/mol. The van der Waals surface area contributed by atoms with E-state index in [1.54, 1.807) is 24.3 Å². The molecule has 0 aliphatic carbocycles. The van der Waals surface area contributed by atoms with E-state index in [0.717, 1.165) is 30.1 Å². The highest BCUT2D eigenvalue weighted by Gasteiger charge is 2.25. The number of carbonyl (C=O) groups excluding carboxylic acids is 1. The van der Waals surface area contributed by atoms with Gasteiger partial charge < -0.3 is 9.47 Å². The van der Waals surface area contributed by atoms with Crippen LogP contribution in [0.2, 0.25) is 0 Å². The molecule has 28 heavy (non-hydrogen) atoms. The molecule has 6 heteroatoms. The Morgan fingerprint density at radius 2 is 1.82 bits per heavy atom. The van der Waals surface area contributed by atoms with Crippen LogP contribution in [0.3, 0.4) is 0 Å². The topological polar surface area (TPSA) is 63.2 Å². The normalized spacial score (nSPS) is 16.4. The molecule has 1 N–H and O–H groups in total. The van der Waals surface area contributed by atoms with Crippen LogP contribution in [0.25, 0.3) is 0 Å². The first-order chi connectivity index (χ1) is 13.7. The summed E-state index contributed by atoms with van der Waals surface area (Å²) >= 11 is 0. The Morgan fingerprint density at radius 3 is 2.46 bits per heavy atom. The number of hydrogen-bond acceptors (Lipinski definition) is 5. The maximum atomic E-state index is 12.5. The fourth-order valence-corrected chi connectivity index (χ4v) is 3.32. The van der Waals surface area contributed by atoms with Crippen molar-refractivity contribution in [2.24, 2.45) is 5.10 Å². The number of nitrogens with zero attached hydrogens (tertiary/aromatic N) is 2. The third-order valence-corrected chi connectivity index (χ3v) is 4.68. The number of benzene rings is 2. The summed E-state index contributed by atoms with van der Waals surface area (Å²) in [6.07, 6.45) is 0. The van der Waals surface area contributed by atoms with Crippen molar-refractivity contribution in [1.82, 2.24) is 10.3 Å². The van der Waals surface area contributed by atoms with Gasteiger partial charge in [-0.3, -0.25) is 9.69 Å². The van der Waals surface area contributed by atoms with Gasteiger partial charge in [0.05, 0.1) is 31.6 Å². The van der Waals surface area contributed by atoms with Gasteiger partial charge in [-0.2, -0.15) is 5.10 Å². The third kappa shape index (κ3) is 5.18. The van der Waals surface area contributed by atoms with Crippen LogP contribution in [0, 0.1) is 0 Å². The average molecular weight is 381 g/mol. The lowest BCUT2D eigenvalue weighted by Crippen LogP contribution is -2.42. The summed E-state index contributed by atoms with van der Waals surface area (Å²) in [4.78, 5) is 14.8. The Bertz CT molecular complexity index is 784. The van der Waals surface area contributed by atoms with Gasteiger partial charge in [-0.1, -0.05) is 30.3 Å². The molecule has 0 saturated carbocycles. The van der Waals surface area contributed by atoms with Crippen LogP contribution < -0.4 is 10.2 Å². The molecule has 1 saturated heterocycles. The Kier molecular flexibility index (Phi) is 7.17. The summed E-state index contributed by atoms with van der Waals surface area (Å²) in [7, 11) is 0. The summed E-state index contributed by atoms with van der Waals surface area (Å²) in [5, 5.41) is 4.41. The van der Waals surface area contributed by atoms with E-state index in [9.17, 15) is 4.79 Å². The van der Waals surface area contributed by atoms with Crippen molar-refractivity contribution in [3.05, 3.63) is 65.7 Å². The standard InChI is InChI=1S/C22H27N3O3/c1-3-28-20-11-9-19(10-12-20)22(26)24-23-17(2)21(18-7-5-4-6-8-18)25-13-15-27-16-14-25/h4-12,21H,3,13-16H2,1-2H3,(H,24,26)/b23-17-/t21-/m1/s1. The number of morpholine rings is 1. The van der Waals surface area contributed by atoms with Crippen molar-refractivity contribution in [1.29, 1.82) is 0 Å². The monoisotopic (exact) mass is 381 g/mol. The molecule has 1 aliphatic rings. The van der Waals surface area contributed by atoms with Gasteiger partial charge in [0, 0.05) is 18.7 Å². The molecule has 2 aromatic carbocycles. The first-order valence-corrected chi connectivity index (χ1v) is 9.63. The van der Waals surface area contributed by atoms with Gasteiger partial charge in [-0.15, -0.1) is 0 Å². The highest BCUT2D eigenvalue weighted by atomic mass is 16.5. The maximum Gasteiger partial charge on any atom is 0.271 e. The molecule has 1 atom stereocenters. The first-order valence-electron chi connectivity index (χ1n) is 9.63. The molecule has 1 fully saturated rings. The lowest BCUT2D eigenvalue weighted by Gasteiger charge is -2.34. The Labute approximate surface area is 166 Å². The second-order valence-corrected chi connectivity index (χ2v) is 6.61. The minimum atomic E-state index is -0.240. The van der Waals surface area contributed by atoms with Gasteiger partial charge in [-0.05, 0) is 43.7 Å². The van der Waals surface area contributed by atoms with E-state index in [0.29, 0.717) is 25.4 Å². The number of ether oxygens (including phenoxy) is 2. The molecule has 0 radical (unpaired) electrons. The van der Waals surface area contributed by atoms with Gasteiger partial charge in [0.2, 0.25) is 0 Å². The molecule has 0 spiro atoms. The summed E-state index contributed by atoms with van der Waals surface area (Å²) in [6, 6.07) is 17.3. The zero-order chi connectivity index (χ0) is 19.8. The fraction of sp³-hybridized carbons (Fsp3) is 0.364. The number of hydrazone groups is 1. The van der Waals surface area contributed by atoms with Crippen LogP contribution in [0.5, 0.6) is 5.75 Å². The molecule has 3 rings (SSSR count). The predicted molar refractivity (Wildman–Crippen MR) is 110 cm³/mol. The summed E-state index contributed by atoms with van der Waals surface area (Å²) in [5.74, 6) is 0.506. The average Bonchev–Trinajstić information content (AvgIpc) is 2.74. The number of nitrogens with one attached hydrogen (secondary N) is 1. The minimum absolute atomic E-state index is 0.00531. The minimum Gasteiger partial charge on any atom is -0.494 e. The Hall–Kier alpha value is -2.70. The zero-order valence-corrected chi connectivity index (χ0v) is 16.4. The predicted octanol–water partition coefficient (Wildman–Crippen LogP) is 3.26. The molecule has 2 aromatic rings. The SMILES string of the molecule is CCOc1ccc(C(=O)N/N=C(/C)[C@H](c2ccccc2)N2CCOCC2)cc1. The van der Waals surface area contributed by atoms with Crippen LogP contribution in [-0.4, -0.2) is 49.4 Å². The second-order valence-electron chi connectivity index (χ2n) is 6.61. The third-order valence-electron chi connectivity index (χ3n) is 4.68. The highest BCUT2D eigenvalue weighted by Crippen LogP contribution is 2.23. The Balaban J connectivity index is 1.73. The first kappa shape index (κ1) is 20.0. The van der Waals surface area contributed by atoms with Crippen molar-refractivity contribution in [2.45, 2.75) is 19.9 Å². The molecular formula is C22H27N3O3. The number of carbonyl (C=O) groups is 1. The van der Waals surface area contributed by atoms with E-state index < -0.39 is 0 Å². The zero-order valence-electron chi connectivity index (χ0n) is 16.4. The Morgan fingerprint density at radius 1 is 1.14 bits per heavy atom. The van der Waals surface area contributed by atoms with E-state index in [-0.39, 0.29) is 11.9 Å². The van der Waals surface area contributed by atoms with Crippen molar-refractivity contribution in [2.75, 3.05) is 32.9 Å². The van der Waals surface area contributed by atoms with E-state index in [1.165, 1.54) is 0 Å². The van der Waals surface area contributed by atoms with Gasteiger partial charge in [-0.25, -0.2) is 5.43 Å². The van der Waals surface area contributed by atoms with Crippen LogP contribution >= 0.6 is 0 Å². The largest absolute Gasteiger partial charge is 0.494 e. The molecule has 1 aliphatic heterocycles. The molecule has 0 aromatic heterocycles. The quantitative estimate of drug-likeness (QED) is 0.591. The molecule has 148 valence electrons.